The van der Waals surface area contributed by atoms with Crippen molar-refractivity contribution in [3.8, 4) is 0 Å². The highest BCUT2D eigenvalue weighted by atomic mass is 16.4. The summed E-state index contributed by atoms with van der Waals surface area (Å²) < 4.78 is 1.69. The Hall–Kier alpha value is -2.89. The van der Waals surface area contributed by atoms with Gasteiger partial charge in [0.25, 0.3) is 5.91 Å². The normalized spacial score (nSPS) is 10.7. The van der Waals surface area contributed by atoms with Gasteiger partial charge in [0.05, 0.1) is 12.2 Å². The lowest BCUT2D eigenvalue weighted by Crippen LogP contribution is -2.24. The van der Waals surface area contributed by atoms with Gasteiger partial charge in [-0.25, -0.2) is 4.79 Å². The molecule has 108 valence electrons. The topological polar surface area (TPSA) is 84.2 Å². The first-order valence-electron chi connectivity index (χ1n) is 6.32. The summed E-state index contributed by atoms with van der Waals surface area (Å²) in [4.78, 5) is 22.5. The molecule has 0 aliphatic heterocycles. The van der Waals surface area contributed by atoms with Crippen molar-refractivity contribution in [2.75, 3.05) is 0 Å². The van der Waals surface area contributed by atoms with E-state index in [-0.39, 0.29) is 5.91 Å². The van der Waals surface area contributed by atoms with Gasteiger partial charge < -0.3 is 10.4 Å². The number of hydrogen-bond donors (Lipinski definition) is 2. The fourth-order valence-corrected chi connectivity index (χ4v) is 1.80. The summed E-state index contributed by atoms with van der Waals surface area (Å²) in [6.07, 6.45) is 4.14. The van der Waals surface area contributed by atoms with E-state index < -0.39 is 5.97 Å². The van der Waals surface area contributed by atoms with E-state index in [1.54, 1.807) is 42.2 Å². The van der Waals surface area contributed by atoms with Crippen LogP contribution in [0.2, 0.25) is 0 Å². The Bertz CT molecular complexity index is 689. The number of rotatable bonds is 5. The fraction of sp³-hybridized carbons (Fsp3) is 0.133. The first-order valence-corrected chi connectivity index (χ1v) is 6.32. The first-order chi connectivity index (χ1) is 10.1. The predicted molar refractivity (Wildman–Crippen MR) is 77.5 cm³/mol. The quantitative estimate of drug-likeness (QED) is 0.814. The maximum absolute atomic E-state index is 12.1. The second kappa shape index (κ2) is 6.51. The summed E-state index contributed by atoms with van der Waals surface area (Å²) in [5, 5.41) is 15.4. The van der Waals surface area contributed by atoms with E-state index in [1.807, 2.05) is 6.07 Å². The van der Waals surface area contributed by atoms with Crippen molar-refractivity contribution in [2.45, 2.75) is 6.54 Å². The summed E-state index contributed by atoms with van der Waals surface area (Å²) in [5.41, 5.74) is 2.03. The molecule has 1 aromatic heterocycles. The molecule has 0 fully saturated rings. The minimum Gasteiger partial charge on any atom is -0.478 e. The summed E-state index contributed by atoms with van der Waals surface area (Å²) >= 11 is 0. The van der Waals surface area contributed by atoms with Crippen molar-refractivity contribution < 1.29 is 14.7 Å². The minimum atomic E-state index is -1.03. The zero-order chi connectivity index (χ0) is 15.2. The highest BCUT2D eigenvalue weighted by Gasteiger charge is 2.06. The number of carboxylic acid groups (broad SMARTS) is 1. The van der Waals surface area contributed by atoms with Crippen LogP contribution in [0.3, 0.4) is 0 Å². The van der Waals surface area contributed by atoms with Crippen LogP contribution in [-0.2, 0) is 18.4 Å². The number of nitrogens with zero attached hydrogens (tertiary/aromatic N) is 2. The molecule has 0 aliphatic carbocycles. The molecule has 0 spiro atoms. The van der Waals surface area contributed by atoms with Gasteiger partial charge in [0, 0.05) is 24.9 Å². The lowest BCUT2D eigenvalue weighted by Gasteiger charge is -2.06. The highest BCUT2D eigenvalue weighted by Crippen LogP contribution is 2.07. The number of aliphatic carboxylic acids is 1. The smallest absolute Gasteiger partial charge is 0.328 e. The van der Waals surface area contributed by atoms with Crippen molar-refractivity contribution in [2.24, 2.45) is 7.05 Å². The van der Waals surface area contributed by atoms with Gasteiger partial charge in [-0.1, -0.05) is 12.1 Å². The van der Waals surface area contributed by atoms with Crippen LogP contribution < -0.4 is 5.32 Å². The second-order valence-electron chi connectivity index (χ2n) is 4.43. The standard InChI is InChI=1S/C15H15N3O3/c1-18-13(7-8-17-18)10-16-15(21)12-4-2-3-11(9-12)5-6-14(19)20/h2-9H,10H2,1H3,(H,16,21)(H,19,20). The molecule has 0 unspecified atom stereocenters. The molecule has 0 saturated carbocycles. The van der Waals surface area contributed by atoms with Gasteiger partial charge in [-0.15, -0.1) is 0 Å². The molecule has 1 amide bonds. The average Bonchev–Trinajstić information content (AvgIpc) is 2.88. The lowest BCUT2D eigenvalue weighted by molar-refractivity contribution is -0.131. The van der Waals surface area contributed by atoms with Crippen LogP contribution in [0.15, 0.2) is 42.6 Å². The van der Waals surface area contributed by atoms with E-state index >= 15 is 0 Å². The van der Waals surface area contributed by atoms with E-state index in [2.05, 4.69) is 10.4 Å². The van der Waals surface area contributed by atoms with Gasteiger partial charge in [0.1, 0.15) is 0 Å². The molecule has 0 aliphatic rings. The molecule has 6 nitrogen and oxygen atoms in total. The van der Waals surface area contributed by atoms with Crippen LogP contribution in [0.1, 0.15) is 21.6 Å². The highest BCUT2D eigenvalue weighted by molar-refractivity contribution is 5.95. The first kappa shape index (κ1) is 14.5. The number of carboxylic acids is 1. The molecule has 21 heavy (non-hydrogen) atoms. The summed E-state index contributed by atoms with van der Waals surface area (Å²) in [7, 11) is 1.80. The van der Waals surface area contributed by atoms with Crippen molar-refractivity contribution in [1.29, 1.82) is 0 Å². The van der Waals surface area contributed by atoms with E-state index in [1.165, 1.54) is 6.08 Å². The Labute approximate surface area is 121 Å². The Morgan fingerprint density at radius 1 is 1.38 bits per heavy atom. The molecule has 0 radical (unpaired) electrons. The van der Waals surface area contributed by atoms with Crippen LogP contribution in [-0.4, -0.2) is 26.8 Å². The molecule has 1 heterocycles. The van der Waals surface area contributed by atoms with Crippen LogP contribution in [0.25, 0.3) is 6.08 Å². The van der Waals surface area contributed by atoms with Gasteiger partial charge in [0.2, 0.25) is 0 Å². The van der Waals surface area contributed by atoms with E-state index in [4.69, 9.17) is 5.11 Å². The van der Waals surface area contributed by atoms with Crippen molar-refractivity contribution in [3.63, 3.8) is 0 Å². The number of nitrogens with one attached hydrogen (secondary N) is 1. The number of carbonyl (C=O) groups excluding carboxylic acids is 1. The third-order valence-corrected chi connectivity index (χ3v) is 2.92. The van der Waals surface area contributed by atoms with Crippen molar-refractivity contribution in [3.05, 3.63) is 59.4 Å². The van der Waals surface area contributed by atoms with Crippen LogP contribution >= 0.6 is 0 Å². The molecule has 0 saturated heterocycles. The summed E-state index contributed by atoms with van der Waals surface area (Å²) in [6.45, 7) is 0.379. The third-order valence-electron chi connectivity index (χ3n) is 2.92. The summed E-state index contributed by atoms with van der Waals surface area (Å²) in [5.74, 6) is -1.25. The number of amides is 1. The molecule has 6 heteroatoms. The number of carbonyl (C=O) groups is 2. The van der Waals surface area contributed by atoms with Crippen LogP contribution in [0.4, 0.5) is 0 Å². The third kappa shape index (κ3) is 4.04. The number of aromatic nitrogens is 2. The molecular weight excluding hydrogens is 270 g/mol. The minimum absolute atomic E-state index is 0.221. The van der Waals surface area contributed by atoms with Gasteiger partial charge in [0.15, 0.2) is 0 Å². The molecule has 2 aromatic rings. The Morgan fingerprint density at radius 3 is 2.86 bits per heavy atom. The second-order valence-corrected chi connectivity index (χ2v) is 4.43. The average molecular weight is 285 g/mol. The maximum atomic E-state index is 12.1. The fourth-order valence-electron chi connectivity index (χ4n) is 1.80. The maximum Gasteiger partial charge on any atom is 0.328 e. The van der Waals surface area contributed by atoms with E-state index in [0.717, 1.165) is 11.8 Å². The number of benzene rings is 1. The molecule has 2 rings (SSSR count). The van der Waals surface area contributed by atoms with Gasteiger partial charge >= 0.3 is 5.97 Å². The Balaban J connectivity index is 2.04. The monoisotopic (exact) mass is 285 g/mol. The van der Waals surface area contributed by atoms with Gasteiger partial charge in [-0.3, -0.25) is 9.48 Å². The number of hydrogen-bond acceptors (Lipinski definition) is 3. The van der Waals surface area contributed by atoms with E-state index in [9.17, 15) is 9.59 Å². The van der Waals surface area contributed by atoms with Crippen LogP contribution in [0, 0.1) is 0 Å². The van der Waals surface area contributed by atoms with Crippen molar-refractivity contribution >= 4 is 18.0 Å². The molecule has 1 aromatic carbocycles. The number of aryl methyl sites for hydroxylation is 1. The van der Waals surface area contributed by atoms with E-state index in [0.29, 0.717) is 17.7 Å². The Kier molecular flexibility index (Phi) is 4.50. The lowest BCUT2D eigenvalue weighted by atomic mass is 10.1. The van der Waals surface area contributed by atoms with Gasteiger partial charge in [-0.05, 0) is 29.8 Å². The van der Waals surface area contributed by atoms with Gasteiger partial charge in [-0.2, -0.15) is 5.10 Å². The molecule has 0 atom stereocenters. The summed E-state index contributed by atoms with van der Waals surface area (Å²) in [6, 6.07) is 8.58. The van der Waals surface area contributed by atoms with Crippen LogP contribution in [0.5, 0.6) is 0 Å². The SMILES string of the molecule is Cn1nccc1CNC(=O)c1cccc(C=CC(=O)O)c1. The molecule has 0 bridgehead atoms. The predicted octanol–water partition coefficient (Wildman–Crippen LogP) is 1.45. The Morgan fingerprint density at radius 2 is 2.19 bits per heavy atom. The van der Waals surface area contributed by atoms with Crippen molar-refractivity contribution in [1.82, 2.24) is 15.1 Å². The molecule has 2 N–H and O–H groups in total. The largest absolute Gasteiger partial charge is 0.478 e. The zero-order valence-corrected chi connectivity index (χ0v) is 11.5. The molecular formula is C15H15N3O3. The zero-order valence-electron chi connectivity index (χ0n) is 11.5.